The lowest BCUT2D eigenvalue weighted by atomic mass is 10.2. The average molecular weight is 233 g/mol. The molecule has 2 heterocycles. The highest BCUT2D eigenvalue weighted by atomic mass is 16.7. The Bertz CT molecular complexity index is 331. The summed E-state index contributed by atoms with van der Waals surface area (Å²) in [5.41, 5.74) is 1.13. The van der Waals surface area contributed by atoms with Gasteiger partial charge in [-0.15, -0.1) is 0 Å². The van der Waals surface area contributed by atoms with Crippen molar-refractivity contribution < 1.29 is 9.47 Å². The van der Waals surface area contributed by atoms with Gasteiger partial charge in [-0.05, 0) is 37.3 Å². The van der Waals surface area contributed by atoms with Crippen molar-refractivity contribution in [2.45, 2.75) is 32.0 Å². The van der Waals surface area contributed by atoms with Crippen molar-refractivity contribution >= 4 is 6.08 Å². The van der Waals surface area contributed by atoms with Gasteiger partial charge in [-0.2, -0.15) is 0 Å². The fourth-order valence-electron chi connectivity index (χ4n) is 1.80. The van der Waals surface area contributed by atoms with E-state index in [0.29, 0.717) is 0 Å². The van der Waals surface area contributed by atoms with Gasteiger partial charge in [-0.25, -0.2) is 0 Å². The number of ether oxygens (including phenoxy) is 2. The maximum absolute atomic E-state index is 5.63. The van der Waals surface area contributed by atoms with E-state index in [1.54, 1.807) is 6.20 Å². The second-order valence-electron chi connectivity index (χ2n) is 4.14. The second-order valence-corrected chi connectivity index (χ2v) is 4.14. The largest absolute Gasteiger partial charge is 0.353 e. The van der Waals surface area contributed by atoms with Crippen molar-refractivity contribution in [3.8, 4) is 0 Å². The molecule has 0 saturated carbocycles. The van der Waals surface area contributed by atoms with E-state index in [2.05, 4.69) is 17.1 Å². The molecule has 1 aromatic rings. The summed E-state index contributed by atoms with van der Waals surface area (Å²) in [4.78, 5) is 4.05. The summed E-state index contributed by atoms with van der Waals surface area (Å²) in [6.07, 6.45) is 12.2. The van der Waals surface area contributed by atoms with E-state index >= 15 is 0 Å². The van der Waals surface area contributed by atoms with Crippen LogP contribution in [-0.4, -0.2) is 24.5 Å². The Kier molecular flexibility index (Phi) is 5.20. The number of hydrogen-bond acceptors (Lipinski definition) is 3. The van der Waals surface area contributed by atoms with Crippen molar-refractivity contribution in [1.82, 2.24) is 4.98 Å². The first-order chi connectivity index (χ1) is 8.45. The summed E-state index contributed by atoms with van der Waals surface area (Å²) >= 11 is 0. The molecule has 1 atom stereocenters. The average Bonchev–Trinajstić information content (AvgIpc) is 2.41. The summed E-state index contributed by atoms with van der Waals surface area (Å²) in [6.45, 7) is 1.57. The Hall–Kier alpha value is -1.19. The summed E-state index contributed by atoms with van der Waals surface area (Å²) in [5, 5.41) is 0. The SMILES string of the molecule is C(=Cc1cccnc1)CCOC1CCCCO1. The van der Waals surface area contributed by atoms with Crippen LogP contribution in [0.25, 0.3) is 6.08 Å². The van der Waals surface area contributed by atoms with E-state index in [-0.39, 0.29) is 6.29 Å². The molecule has 1 saturated heterocycles. The van der Waals surface area contributed by atoms with Crippen LogP contribution in [0.1, 0.15) is 31.2 Å². The Morgan fingerprint density at radius 2 is 2.47 bits per heavy atom. The highest BCUT2D eigenvalue weighted by molar-refractivity contribution is 5.47. The minimum absolute atomic E-state index is 0.0236. The molecular weight excluding hydrogens is 214 g/mol. The van der Waals surface area contributed by atoms with E-state index in [9.17, 15) is 0 Å². The summed E-state index contributed by atoms with van der Waals surface area (Å²) in [6, 6.07) is 3.97. The van der Waals surface area contributed by atoms with Crippen molar-refractivity contribution in [1.29, 1.82) is 0 Å². The zero-order valence-electron chi connectivity index (χ0n) is 10.0. The molecule has 92 valence electrons. The van der Waals surface area contributed by atoms with Crippen LogP contribution in [0.15, 0.2) is 30.6 Å². The Morgan fingerprint density at radius 3 is 3.24 bits per heavy atom. The molecule has 17 heavy (non-hydrogen) atoms. The first-order valence-electron chi connectivity index (χ1n) is 6.25. The molecule has 1 aliphatic rings. The van der Waals surface area contributed by atoms with E-state index < -0.39 is 0 Å². The number of pyridine rings is 1. The van der Waals surface area contributed by atoms with Gasteiger partial charge in [0.1, 0.15) is 0 Å². The molecular formula is C14H19NO2. The molecule has 0 radical (unpaired) electrons. The van der Waals surface area contributed by atoms with Gasteiger partial charge < -0.3 is 9.47 Å². The van der Waals surface area contributed by atoms with E-state index in [4.69, 9.17) is 9.47 Å². The normalized spacial score (nSPS) is 20.8. The molecule has 0 aliphatic carbocycles. The lowest BCUT2D eigenvalue weighted by Crippen LogP contribution is -2.22. The second kappa shape index (κ2) is 7.20. The third-order valence-electron chi connectivity index (χ3n) is 2.72. The molecule has 3 heteroatoms. The predicted molar refractivity (Wildman–Crippen MR) is 67.4 cm³/mol. The molecule has 0 aromatic carbocycles. The van der Waals surface area contributed by atoms with Gasteiger partial charge in [-0.1, -0.05) is 18.2 Å². The maximum Gasteiger partial charge on any atom is 0.157 e. The Balaban J connectivity index is 1.61. The van der Waals surface area contributed by atoms with Gasteiger partial charge in [0.15, 0.2) is 6.29 Å². The van der Waals surface area contributed by atoms with Crippen LogP contribution >= 0.6 is 0 Å². The molecule has 0 bridgehead atoms. The van der Waals surface area contributed by atoms with Gasteiger partial charge >= 0.3 is 0 Å². The molecule has 1 fully saturated rings. The fourth-order valence-corrected chi connectivity index (χ4v) is 1.80. The third-order valence-corrected chi connectivity index (χ3v) is 2.72. The van der Waals surface area contributed by atoms with Crippen LogP contribution in [0.4, 0.5) is 0 Å². The van der Waals surface area contributed by atoms with Gasteiger partial charge in [0.05, 0.1) is 6.61 Å². The van der Waals surface area contributed by atoms with Crippen LogP contribution in [0.5, 0.6) is 0 Å². The van der Waals surface area contributed by atoms with E-state index in [1.807, 2.05) is 18.3 Å². The quantitative estimate of drug-likeness (QED) is 0.732. The number of aromatic nitrogens is 1. The summed E-state index contributed by atoms with van der Waals surface area (Å²) in [5.74, 6) is 0. The van der Waals surface area contributed by atoms with Crippen molar-refractivity contribution in [2.75, 3.05) is 13.2 Å². The van der Waals surface area contributed by atoms with Crippen LogP contribution in [-0.2, 0) is 9.47 Å². The minimum atomic E-state index is 0.0236. The molecule has 1 unspecified atom stereocenters. The molecule has 1 aliphatic heterocycles. The topological polar surface area (TPSA) is 31.4 Å². The van der Waals surface area contributed by atoms with Gasteiger partial charge in [0.25, 0.3) is 0 Å². The van der Waals surface area contributed by atoms with Crippen LogP contribution < -0.4 is 0 Å². The molecule has 0 amide bonds. The number of nitrogens with zero attached hydrogens (tertiary/aromatic N) is 1. The van der Waals surface area contributed by atoms with Gasteiger partial charge in [0, 0.05) is 19.0 Å². The summed E-state index contributed by atoms with van der Waals surface area (Å²) < 4.78 is 11.1. The number of rotatable bonds is 5. The molecule has 3 nitrogen and oxygen atoms in total. The summed E-state index contributed by atoms with van der Waals surface area (Å²) in [7, 11) is 0. The number of hydrogen-bond donors (Lipinski definition) is 0. The maximum atomic E-state index is 5.63. The van der Waals surface area contributed by atoms with E-state index in [1.165, 1.54) is 12.8 Å². The van der Waals surface area contributed by atoms with Crippen LogP contribution in [0.2, 0.25) is 0 Å². The first kappa shape index (κ1) is 12.3. The lowest BCUT2D eigenvalue weighted by Gasteiger charge is -2.22. The Labute approximate surface area is 102 Å². The smallest absolute Gasteiger partial charge is 0.157 e. The van der Waals surface area contributed by atoms with Crippen LogP contribution in [0.3, 0.4) is 0 Å². The molecule has 0 spiro atoms. The van der Waals surface area contributed by atoms with Crippen molar-refractivity contribution in [3.63, 3.8) is 0 Å². The standard InChI is InChI=1S/C14H19NO2/c1(6-13-7-5-9-15-12-13)3-10-16-14-8-2-4-11-17-14/h1,5-7,9,12,14H,2-4,8,10-11H2. The third kappa shape index (κ3) is 4.67. The monoisotopic (exact) mass is 233 g/mol. The van der Waals surface area contributed by atoms with Gasteiger partial charge in [-0.3, -0.25) is 4.98 Å². The zero-order chi connectivity index (χ0) is 11.8. The molecule has 1 aromatic heterocycles. The van der Waals surface area contributed by atoms with Crippen molar-refractivity contribution in [2.24, 2.45) is 0 Å². The Morgan fingerprint density at radius 1 is 1.47 bits per heavy atom. The molecule has 0 N–H and O–H groups in total. The predicted octanol–water partition coefficient (Wildman–Crippen LogP) is 3.03. The lowest BCUT2D eigenvalue weighted by molar-refractivity contribution is -0.161. The van der Waals surface area contributed by atoms with Gasteiger partial charge in [0.2, 0.25) is 0 Å². The zero-order valence-corrected chi connectivity index (χ0v) is 10.0. The minimum Gasteiger partial charge on any atom is -0.353 e. The highest BCUT2D eigenvalue weighted by Gasteiger charge is 2.12. The molecule has 2 rings (SSSR count). The highest BCUT2D eigenvalue weighted by Crippen LogP contribution is 2.13. The van der Waals surface area contributed by atoms with Crippen LogP contribution in [0, 0.1) is 0 Å². The fraction of sp³-hybridized carbons (Fsp3) is 0.500. The van der Waals surface area contributed by atoms with E-state index in [0.717, 1.165) is 31.6 Å². The first-order valence-corrected chi connectivity index (χ1v) is 6.25. The van der Waals surface area contributed by atoms with Crippen molar-refractivity contribution in [3.05, 3.63) is 36.2 Å².